The molecule has 7 nitrogen and oxygen atoms in total. The predicted molar refractivity (Wildman–Crippen MR) is 91.3 cm³/mol. The van der Waals surface area contributed by atoms with Crippen molar-refractivity contribution < 1.29 is 14.4 Å². The minimum absolute atomic E-state index is 0.00328. The molecule has 0 radical (unpaired) electrons. The highest BCUT2D eigenvalue weighted by atomic mass is 16.2. The van der Waals surface area contributed by atoms with E-state index in [4.69, 9.17) is 0 Å². The van der Waals surface area contributed by atoms with E-state index in [1.165, 1.54) is 22.1 Å². The molecule has 0 aromatic carbocycles. The average Bonchev–Trinajstić information content (AvgIpc) is 2.55. The number of unbranched alkanes of at least 4 members (excludes halogenated alkanes) is 1. The normalized spacial score (nSPS) is 19.9. The van der Waals surface area contributed by atoms with E-state index >= 15 is 0 Å². The number of amides is 3. The minimum atomic E-state index is -0.466. The van der Waals surface area contributed by atoms with Crippen molar-refractivity contribution in [2.24, 2.45) is 4.99 Å². The summed E-state index contributed by atoms with van der Waals surface area (Å²) >= 11 is 0. The molecular weight excluding hydrogens is 308 g/mol. The van der Waals surface area contributed by atoms with Gasteiger partial charge in [0.1, 0.15) is 6.17 Å². The number of nitrogens with zero attached hydrogens (tertiary/aromatic N) is 3. The van der Waals surface area contributed by atoms with Gasteiger partial charge < -0.3 is 4.90 Å². The van der Waals surface area contributed by atoms with Crippen molar-refractivity contribution in [3.8, 4) is 0 Å². The zero-order valence-corrected chi connectivity index (χ0v) is 14.6. The molecule has 0 aromatic heterocycles. The van der Waals surface area contributed by atoms with Gasteiger partial charge in [0.2, 0.25) is 0 Å². The Hall–Kier alpha value is -2.44. The molecule has 0 fully saturated rings. The first kappa shape index (κ1) is 17.9. The van der Waals surface area contributed by atoms with Gasteiger partial charge in [-0.15, -0.1) is 0 Å². The largest absolute Gasteiger partial charge is 0.336 e. The third kappa shape index (κ3) is 3.72. The molecule has 3 amide bonds. The number of hydrazine groups is 1. The number of nitrogens with one attached hydrogen (secondary N) is 1. The number of carbonyl (C=O) groups excluding carboxylic acids is 3. The predicted octanol–water partition coefficient (Wildman–Crippen LogP) is 1.82. The number of fused-ring (bicyclic) bond motifs is 1. The van der Waals surface area contributed by atoms with Crippen LogP contribution in [0.5, 0.6) is 0 Å². The lowest BCUT2D eigenvalue weighted by Gasteiger charge is -2.36. The summed E-state index contributed by atoms with van der Waals surface area (Å²) in [5, 5.41) is 1.25. The van der Waals surface area contributed by atoms with Crippen LogP contribution in [0.2, 0.25) is 0 Å². The lowest BCUT2D eigenvalue weighted by molar-refractivity contribution is -0.132. The van der Waals surface area contributed by atoms with Gasteiger partial charge in [-0.2, -0.15) is 0 Å². The summed E-state index contributed by atoms with van der Waals surface area (Å²) in [7, 11) is 1.66. The first-order valence-corrected chi connectivity index (χ1v) is 8.24. The van der Waals surface area contributed by atoms with E-state index in [1.54, 1.807) is 13.1 Å². The second-order valence-corrected chi connectivity index (χ2v) is 6.23. The van der Waals surface area contributed by atoms with Crippen molar-refractivity contribution >= 4 is 23.4 Å². The van der Waals surface area contributed by atoms with Crippen LogP contribution in [0.1, 0.15) is 40.0 Å². The molecule has 1 aliphatic carbocycles. The van der Waals surface area contributed by atoms with Crippen LogP contribution < -0.4 is 5.43 Å². The van der Waals surface area contributed by atoms with Crippen molar-refractivity contribution in [1.82, 2.24) is 15.3 Å². The highest BCUT2D eigenvalue weighted by molar-refractivity contribution is 6.32. The van der Waals surface area contributed by atoms with Crippen LogP contribution in [0, 0.1) is 0 Å². The van der Waals surface area contributed by atoms with Gasteiger partial charge in [-0.05, 0) is 38.8 Å². The van der Waals surface area contributed by atoms with Gasteiger partial charge in [-0.25, -0.2) is 15.2 Å². The van der Waals surface area contributed by atoms with E-state index in [2.05, 4.69) is 17.3 Å². The van der Waals surface area contributed by atoms with E-state index in [-0.39, 0.29) is 23.4 Å². The van der Waals surface area contributed by atoms with Crippen LogP contribution in [-0.4, -0.2) is 52.6 Å². The molecule has 130 valence electrons. The molecule has 0 spiro atoms. The number of hydrogen-bond donors (Lipinski definition) is 1. The summed E-state index contributed by atoms with van der Waals surface area (Å²) in [6.07, 6.45) is 6.24. The summed E-state index contributed by atoms with van der Waals surface area (Å²) in [5.74, 6) is -0.654. The van der Waals surface area contributed by atoms with Gasteiger partial charge in [0.15, 0.2) is 5.78 Å². The number of rotatable bonds is 5. The highest BCUT2D eigenvalue weighted by Crippen LogP contribution is 2.22. The molecule has 2 rings (SSSR count). The van der Waals surface area contributed by atoms with E-state index in [0.29, 0.717) is 12.1 Å². The highest BCUT2D eigenvalue weighted by Gasteiger charge is 2.35. The van der Waals surface area contributed by atoms with Gasteiger partial charge in [0.05, 0.1) is 11.3 Å². The minimum Gasteiger partial charge on any atom is -0.324 e. The molecule has 1 heterocycles. The third-order valence-corrected chi connectivity index (χ3v) is 4.13. The van der Waals surface area contributed by atoms with Gasteiger partial charge in [0, 0.05) is 19.2 Å². The number of allylic oxidation sites excluding steroid dienone is 3. The van der Waals surface area contributed by atoms with E-state index in [0.717, 1.165) is 12.8 Å². The lowest BCUT2D eigenvalue weighted by Crippen LogP contribution is -2.58. The average molecular weight is 332 g/mol. The smallest absolute Gasteiger partial charge is 0.324 e. The molecule has 0 aromatic rings. The first-order valence-electron chi connectivity index (χ1n) is 8.24. The SMILES string of the molecule is CCCCC1N=C2C=CC(=O)C=C2C(=O)N1NC(=O)N(C)C(C)C. The second kappa shape index (κ2) is 7.42. The van der Waals surface area contributed by atoms with Crippen molar-refractivity contribution in [2.45, 2.75) is 52.2 Å². The Morgan fingerprint density at radius 1 is 1.38 bits per heavy atom. The van der Waals surface area contributed by atoms with Gasteiger partial charge in [-0.1, -0.05) is 13.3 Å². The maximum absolute atomic E-state index is 12.8. The topological polar surface area (TPSA) is 82.1 Å². The summed E-state index contributed by atoms with van der Waals surface area (Å²) < 4.78 is 0. The quantitative estimate of drug-likeness (QED) is 0.780. The molecular formula is C17H24N4O3. The number of urea groups is 1. The summed E-state index contributed by atoms with van der Waals surface area (Å²) in [6.45, 7) is 5.82. The Morgan fingerprint density at radius 3 is 2.71 bits per heavy atom. The number of carbonyl (C=O) groups is 3. The van der Waals surface area contributed by atoms with Crippen molar-refractivity contribution in [3.05, 3.63) is 23.8 Å². The Morgan fingerprint density at radius 2 is 2.08 bits per heavy atom. The maximum Gasteiger partial charge on any atom is 0.336 e. The van der Waals surface area contributed by atoms with Crippen molar-refractivity contribution in [2.75, 3.05) is 7.05 Å². The molecule has 1 aliphatic heterocycles. The number of aliphatic imine (C=N–C) groups is 1. The van der Waals surface area contributed by atoms with Crippen LogP contribution in [0.4, 0.5) is 4.79 Å². The standard InChI is InChI=1S/C17H24N4O3/c1-5-6-7-15-18-14-9-8-12(22)10-13(14)16(23)21(15)19-17(24)20(4)11(2)3/h8-11,15H,5-7H2,1-4H3,(H,19,24). The zero-order chi connectivity index (χ0) is 17.9. The molecule has 0 bridgehead atoms. The monoisotopic (exact) mass is 332 g/mol. The fourth-order valence-electron chi connectivity index (χ4n) is 2.40. The lowest BCUT2D eigenvalue weighted by atomic mass is 9.99. The summed E-state index contributed by atoms with van der Waals surface area (Å²) in [5.41, 5.74) is 3.37. The Kier molecular flexibility index (Phi) is 5.54. The van der Waals surface area contributed by atoms with E-state index in [9.17, 15) is 14.4 Å². The van der Waals surface area contributed by atoms with Crippen LogP contribution in [0.25, 0.3) is 0 Å². The molecule has 7 heteroatoms. The molecule has 0 saturated heterocycles. The fourth-order valence-corrected chi connectivity index (χ4v) is 2.40. The fraction of sp³-hybridized carbons (Fsp3) is 0.529. The second-order valence-electron chi connectivity index (χ2n) is 6.23. The zero-order valence-electron chi connectivity index (χ0n) is 14.6. The first-order chi connectivity index (χ1) is 11.3. The van der Waals surface area contributed by atoms with Crippen LogP contribution in [0.3, 0.4) is 0 Å². The summed E-state index contributed by atoms with van der Waals surface area (Å²) in [4.78, 5) is 42.7. The number of ketones is 1. The maximum atomic E-state index is 12.8. The third-order valence-electron chi connectivity index (χ3n) is 4.13. The summed E-state index contributed by atoms with van der Waals surface area (Å²) in [6, 6.07) is -0.381. The molecule has 1 N–H and O–H groups in total. The van der Waals surface area contributed by atoms with Gasteiger partial charge in [0.25, 0.3) is 5.91 Å². The molecule has 1 atom stereocenters. The Balaban J connectivity index is 2.28. The Labute approximate surface area is 142 Å². The Bertz CT molecular complexity index is 634. The molecule has 1 unspecified atom stereocenters. The van der Waals surface area contributed by atoms with Crippen molar-refractivity contribution in [3.63, 3.8) is 0 Å². The van der Waals surface area contributed by atoms with Crippen LogP contribution >= 0.6 is 0 Å². The van der Waals surface area contributed by atoms with Crippen LogP contribution in [0.15, 0.2) is 28.8 Å². The van der Waals surface area contributed by atoms with E-state index < -0.39 is 12.1 Å². The van der Waals surface area contributed by atoms with Gasteiger partial charge >= 0.3 is 6.03 Å². The van der Waals surface area contributed by atoms with Crippen LogP contribution in [-0.2, 0) is 9.59 Å². The molecule has 0 saturated carbocycles. The molecule has 24 heavy (non-hydrogen) atoms. The van der Waals surface area contributed by atoms with Gasteiger partial charge in [-0.3, -0.25) is 14.6 Å². The number of hydrogen-bond acceptors (Lipinski definition) is 4. The van der Waals surface area contributed by atoms with E-state index in [1.807, 2.05) is 13.8 Å². The molecule has 2 aliphatic rings. The van der Waals surface area contributed by atoms with Crippen molar-refractivity contribution in [1.29, 1.82) is 0 Å².